The molecule has 0 aromatic carbocycles. The molecule has 0 N–H and O–H groups in total. The fourth-order valence-electron chi connectivity index (χ4n) is 1.19. The van der Waals surface area contributed by atoms with Crippen LogP contribution in [0.5, 0.6) is 0 Å². The number of nitrogens with zero attached hydrogens (tertiary/aromatic N) is 2. The van der Waals surface area contributed by atoms with E-state index in [0.717, 1.165) is 4.57 Å². The second kappa shape index (κ2) is 2.96. The summed E-state index contributed by atoms with van der Waals surface area (Å²) in [6, 6.07) is 2.99. The Balaban J connectivity index is 2.71. The van der Waals surface area contributed by atoms with Gasteiger partial charge in [-0.05, 0) is 12.1 Å². The average molecular weight is 203 g/mol. The summed E-state index contributed by atoms with van der Waals surface area (Å²) in [7, 11) is 0. The first-order valence-corrected chi connectivity index (χ1v) is 3.96. The van der Waals surface area contributed by atoms with Gasteiger partial charge in [0.2, 0.25) is 0 Å². The number of aromatic nitrogens is 2. The van der Waals surface area contributed by atoms with E-state index in [4.69, 9.17) is 11.6 Å². The van der Waals surface area contributed by atoms with Crippen LogP contribution in [0.2, 0.25) is 5.15 Å². The van der Waals surface area contributed by atoms with E-state index in [9.17, 15) is 8.78 Å². The average Bonchev–Trinajstić information content (AvgIpc) is 2.46. The van der Waals surface area contributed by atoms with Crippen LogP contribution in [0.3, 0.4) is 0 Å². The highest BCUT2D eigenvalue weighted by Gasteiger charge is 2.09. The van der Waals surface area contributed by atoms with Crippen LogP contribution in [0.4, 0.5) is 8.78 Å². The molecule has 2 aromatic rings. The Morgan fingerprint density at radius 1 is 1.46 bits per heavy atom. The molecule has 0 unspecified atom stereocenters. The van der Waals surface area contributed by atoms with Gasteiger partial charge >= 0.3 is 6.55 Å². The lowest BCUT2D eigenvalue weighted by atomic mass is 10.3. The number of fused-ring (bicyclic) bond motifs is 1. The zero-order valence-corrected chi connectivity index (χ0v) is 7.17. The van der Waals surface area contributed by atoms with Gasteiger partial charge in [-0.3, -0.25) is 4.57 Å². The van der Waals surface area contributed by atoms with Crippen LogP contribution in [0.1, 0.15) is 6.55 Å². The number of rotatable bonds is 1. The van der Waals surface area contributed by atoms with Crippen LogP contribution >= 0.6 is 11.6 Å². The van der Waals surface area contributed by atoms with Gasteiger partial charge in [0.1, 0.15) is 5.15 Å². The molecule has 2 heterocycles. The summed E-state index contributed by atoms with van der Waals surface area (Å²) in [6.07, 6.45) is 2.78. The van der Waals surface area contributed by atoms with Crippen molar-refractivity contribution in [1.29, 1.82) is 0 Å². The number of alkyl halides is 2. The van der Waals surface area contributed by atoms with E-state index < -0.39 is 6.55 Å². The van der Waals surface area contributed by atoms with Crippen LogP contribution in [0, 0.1) is 0 Å². The summed E-state index contributed by atoms with van der Waals surface area (Å²) in [4.78, 5) is 3.79. The summed E-state index contributed by atoms with van der Waals surface area (Å²) in [5.74, 6) is 0. The molecule has 0 aliphatic rings. The molecule has 0 aliphatic heterocycles. The Morgan fingerprint density at radius 3 is 2.92 bits per heavy atom. The third kappa shape index (κ3) is 1.37. The first kappa shape index (κ1) is 8.44. The maximum atomic E-state index is 12.4. The van der Waals surface area contributed by atoms with Crippen molar-refractivity contribution in [2.24, 2.45) is 0 Å². The summed E-state index contributed by atoms with van der Waals surface area (Å²) < 4.78 is 25.6. The van der Waals surface area contributed by atoms with E-state index in [1.54, 1.807) is 6.07 Å². The molecule has 0 spiro atoms. The minimum Gasteiger partial charge on any atom is -0.291 e. The molecule has 0 saturated carbocycles. The van der Waals surface area contributed by atoms with Crippen molar-refractivity contribution < 1.29 is 8.78 Å². The molecule has 0 radical (unpaired) electrons. The number of pyridine rings is 1. The molecule has 0 bridgehead atoms. The van der Waals surface area contributed by atoms with E-state index in [1.165, 1.54) is 18.5 Å². The van der Waals surface area contributed by atoms with E-state index in [-0.39, 0.29) is 5.15 Å². The van der Waals surface area contributed by atoms with Gasteiger partial charge in [0.05, 0.1) is 5.52 Å². The summed E-state index contributed by atoms with van der Waals surface area (Å²) in [6.45, 7) is -2.55. The van der Waals surface area contributed by atoms with E-state index in [1.807, 2.05) is 0 Å². The van der Waals surface area contributed by atoms with Gasteiger partial charge in [0.15, 0.2) is 0 Å². The summed E-state index contributed by atoms with van der Waals surface area (Å²) >= 11 is 5.58. The Morgan fingerprint density at radius 2 is 2.23 bits per heavy atom. The van der Waals surface area contributed by atoms with Gasteiger partial charge in [0, 0.05) is 17.8 Å². The summed E-state index contributed by atoms with van der Waals surface area (Å²) in [5, 5.41) is 0.873. The third-order valence-corrected chi connectivity index (χ3v) is 1.99. The lowest BCUT2D eigenvalue weighted by Gasteiger charge is -2.02. The molecule has 0 amide bonds. The minimum absolute atomic E-state index is 0.216. The lowest BCUT2D eigenvalue weighted by molar-refractivity contribution is 0.0752. The maximum absolute atomic E-state index is 12.4. The van der Waals surface area contributed by atoms with Gasteiger partial charge < -0.3 is 0 Å². The highest BCUT2D eigenvalue weighted by Crippen LogP contribution is 2.22. The zero-order valence-electron chi connectivity index (χ0n) is 6.42. The van der Waals surface area contributed by atoms with E-state index >= 15 is 0 Å². The molecular weight excluding hydrogens is 198 g/mol. The Hall–Kier alpha value is -1.16. The molecule has 0 aliphatic carbocycles. The lowest BCUT2D eigenvalue weighted by Crippen LogP contribution is -1.94. The van der Waals surface area contributed by atoms with Gasteiger partial charge in [-0.25, -0.2) is 4.98 Å². The van der Waals surface area contributed by atoms with Crippen molar-refractivity contribution in [3.05, 3.63) is 29.7 Å². The van der Waals surface area contributed by atoms with E-state index in [0.29, 0.717) is 10.9 Å². The molecule has 68 valence electrons. The molecular formula is C8H5ClF2N2. The second-order valence-corrected chi connectivity index (χ2v) is 2.95. The monoisotopic (exact) mass is 202 g/mol. The van der Waals surface area contributed by atoms with Crippen LogP contribution < -0.4 is 0 Å². The number of hydrogen-bond acceptors (Lipinski definition) is 1. The zero-order chi connectivity index (χ0) is 9.42. The predicted molar refractivity (Wildman–Crippen MR) is 46.0 cm³/mol. The third-order valence-electron chi connectivity index (χ3n) is 1.78. The molecule has 2 aromatic heterocycles. The molecule has 0 atom stereocenters. The first-order valence-electron chi connectivity index (χ1n) is 3.59. The first-order chi connectivity index (χ1) is 6.18. The van der Waals surface area contributed by atoms with Crippen LogP contribution in [0.25, 0.3) is 10.9 Å². The fourth-order valence-corrected chi connectivity index (χ4v) is 1.35. The second-order valence-electron chi connectivity index (χ2n) is 2.57. The normalized spacial score (nSPS) is 11.4. The quantitative estimate of drug-likeness (QED) is 0.650. The largest absolute Gasteiger partial charge is 0.319 e. The van der Waals surface area contributed by atoms with Crippen molar-refractivity contribution in [2.45, 2.75) is 6.55 Å². The van der Waals surface area contributed by atoms with Crippen LogP contribution in [-0.2, 0) is 0 Å². The number of halogens is 3. The van der Waals surface area contributed by atoms with Crippen molar-refractivity contribution in [3.8, 4) is 0 Å². The highest BCUT2D eigenvalue weighted by atomic mass is 35.5. The van der Waals surface area contributed by atoms with Crippen LogP contribution in [0.15, 0.2) is 24.5 Å². The molecule has 0 fully saturated rings. The fraction of sp³-hybridized carbons (Fsp3) is 0.125. The minimum atomic E-state index is -2.55. The summed E-state index contributed by atoms with van der Waals surface area (Å²) in [5.41, 5.74) is 0.398. The molecule has 5 heteroatoms. The maximum Gasteiger partial charge on any atom is 0.319 e. The Labute approximate surface area is 77.8 Å². The van der Waals surface area contributed by atoms with Crippen molar-refractivity contribution >= 4 is 22.5 Å². The Bertz CT molecular complexity index is 439. The molecule has 2 nitrogen and oxygen atoms in total. The predicted octanol–water partition coefficient (Wildman–Crippen LogP) is 3.08. The standard InChI is InChI=1S/C8H5ClF2N2/c9-7-3-6-5(4-12-7)1-2-13(6)8(10)11/h1-4,8H. The molecule has 13 heavy (non-hydrogen) atoms. The van der Waals surface area contributed by atoms with Crippen molar-refractivity contribution in [2.75, 3.05) is 0 Å². The highest BCUT2D eigenvalue weighted by molar-refractivity contribution is 6.30. The van der Waals surface area contributed by atoms with Crippen molar-refractivity contribution in [1.82, 2.24) is 9.55 Å². The molecule has 0 saturated heterocycles. The van der Waals surface area contributed by atoms with E-state index in [2.05, 4.69) is 4.98 Å². The Kier molecular flexibility index (Phi) is 1.92. The van der Waals surface area contributed by atoms with Gasteiger partial charge in [-0.1, -0.05) is 11.6 Å². The van der Waals surface area contributed by atoms with Gasteiger partial charge in [-0.15, -0.1) is 0 Å². The van der Waals surface area contributed by atoms with Crippen LogP contribution in [-0.4, -0.2) is 9.55 Å². The van der Waals surface area contributed by atoms with Gasteiger partial charge in [-0.2, -0.15) is 8.78 Å². The number of hydrogen-bond donors (Lipinski definition) is 0. The molecule has 2 rings (SSSR count). The van der Waals surface area contributed by atoms with Gasteiger partial charge in [0.25, 0.3) is 0 Å². The smallest absolute Gasteiger partial charge is 0.291 e. The van der Waals surface area contributed by atoms with Crippen molar-refractivity contribution in [3.63, 3.8) is 0 Å². The topological polar surface area (TPSA) is 17.8 Å². The SMILES string of the molecule is FC(F)n1ccc2cnc(Cl)cc21.